The molecular weight excluding hydrogens is 316 g/mol. The molecule has 0 fully saturated rings. The molecule has 0 aliphatic rings. The third kappa shape index (κ3) is 2.97. The van der Waals surface area contributed by atoms with E-state index in [-0.39, 0.29) is 12.0 Å². The maximum Gasteiger partial charge on any atom is 0.340 e. The van der Waals surface area contributed by atoms with E-state index in [4.69, 9.17) is 9.47 Å². The lowest BCUT2D eigenvalue weighted by Gasteiger charge is -2.18. The van der Waals surface area contributed by atoms with Crippen LogP contribution in [0.2, 0.25) is 0 Å². The smallest absolute Gasteiger partial charge is 0.340 e. The second-order valence-corrected chi connectivity index (χ2v) is 5.88. The van der Waals surface area contributed by atoms with Crippen LogP contribution in [0.4, 0.5) is 0 Å². The highest BCUT2D eigenvalue weighted by atomic mass is 16.5. The zero-order valence-electron chi connectivity index (χ0n) is 14.9. The average molecular weight is 338 g/mol. The van der Waals surface area contributed by atoms with Crippen LogP contribution in [-0.2, 0) is 4.74 Å². The summed E-state index contributed by atoms with van der Waals surface area (Å²) in [5, 5.41) is 0.909. The van der Waals surface area contributed by atoms with Crippen molar-refractivity contribution in [2.24, 2.45) is 0 Å². The third-order valence-electron chi connectivity index (χ3n) is 4.47. The molecule has 0 saturated carbocycles. The van der Waals surface area contributed by atoms with Crippen LogP contribution < -0.4 is 4.74 Å². The van der Waals surface area contributed by atoms with Gasteiger partial charge in [-0.25, -0.2) is 9.78 Å². The van der Waals surface area contributed by atoms with E-state index >= 15 is 0 Å². The molecule has 0 aliphatic heterocycles. The molecule has 0 radical (unpaired) electrons. The summed E-state index contributed by atoms with van der Waals surface area (Å²) in [6.45, 7) is 6.23. The Labute approximate surface area is 147 Å². The van der Waals surface area contributed by atoms with Gasteiger partial charge in [-0.3, -0.25) is 0 Å². The first-order valence-corrected chi connectivity index (χ1v) is 8.35. The van der Waals surface area contributed by atoms with E-state index in [1.165, 1.54) is 0 Å². The lowest BCUT2D eigenvalue weighted by molar-refractivity contribution is 0.0527. The predicted molar refractivity (Wildman–Crippen MR) is 97.2 cm³/mol. The molecule has 25 heavy (non-hydrogen) atoms. The number of para-hydroxylation sites is 1. The highest BCUT2D eigenvalue weighted by Crippen LogP contribution is 2.32. The molecule has 2 heterocycles. The van der Waals surface area contributed by atoms with Crippen molar-refractivity contribution in [3.8, 4) is 5.88 Å². The summed E-state index contributed by atoms with van der Waals surface area (Å²) in [5.41, 5.74) is 3.59. The number of benzene rings is 1. The molecule has 0 saturated heterocycles. The number of methoxy groups -OCH3 is 1. The number of pyridine rings is 1. The van der Waals surface area contributed by atoms with Crippen LogP contribution in [0.1, 0.15) is 41.5 Å². The van der Waals surface area contributed by atoms with Gasteiger partial charge in [-0.15, -0.1) is 0 Å². The number of rotatable bonds is 5. The fourth-order valence-electron chi connectivity index (χ4n) is 3.30. The zero-order chi connectivity index (χ0) is 18.0. The van der Waals surface area contributed by atoms with Gasteiger partial charge in [0.15, 0.2) is 0 Å². The van der Waals surface area contributed by atoms with Gasteiger partial charge in [-0.2, -0.15) is 0 Å². The van der Waals surface area contributed by atoms with Gasteiger partial charge in [0, 0.05) is 28.9 Å². The van der Waals surface area contributed by atoms with E-state index in [9.17, 15) is 4.79 Å². The first kappa shape index (κ1) is 17.0. The van der Waals surface area contributed by atoms with E-state index in [0.717, 1.165) is 22.2 Å². The number of esters is 1. The highest BCUT2D eigenvalue weighted by molar-refractivity contribution is 6.06. The minimum absolute atomic E-state index is 0.0185. The Morgan fingerprint density at radius 3 is 2.76 bits per heavy atom. The maximum atomic E-state index is 12.5. The first-order chi connectivity index (χ1) is 12.1. The molecule has 130 valence electrons. The topological polar surface area (TPSA) is 53.4 Å². The molecule has 0 aliphatic carbocycles. The van der Waals surface area contributed by atoms with Gasteiger partial charge >= 0.3 is 5.97 Å². The minimum Gasteiger partial charge on any atom is -0.481 e. The molecule has 0 spiro atoms. The minimum atomic E-state index is -0.283. The number of carbonyl (C=O) groups excluding carboxylic acids is 1. The molecule has 0 N–H and O–H groups in total. The molecule has 3 aromatic rings. The summed E-state index contributed by atoms with van der Waals surface area (Å²) >= 11 is 0. The van der Waals surface area contributed by atoms with Crippen molar-refractivity contribution in [3.63, 3.8) is 0 Å². The number of aromatic nitrogens is 2. The van der Waals surface area contributed by atoms with Crippen molar-refractivity contribution in [2.45, 2.75) is 26.8 Å². The third-order valence-corrected chi connectivity index (χ3v) is 4.47. The average Bonchev–Trinajstić information content (AvgIpc) is 2.93. The van der Waals surface area contributed by atoms with Crippen LogP contribution in [0, 0.1) is 6.92 Å². The monoisotopic (exact) mass is 338 g/mol. The van der Waals surface area contributed by atoms with Crippen molar-refractivity contribution < 1.29 is 14.3 Å². The molecular formula is C20H22N2O3. The fraction of sp³-hybridized carbons (Fsp3) is 0.300. The van der Waals surface area contributed by atoms with Crippen molar-refractivity contribution in [3.05, 3.63) is 59.4 Å². The zero-order valence-corrected chi connectivity index (χ0v) is 14.9. The summed E-state index contributed by atoms with van der Waals surface area (Å²) < 4.78 is 12.7. The molecule has 0 amide bonds. The molecule has 1 aromatic carbocycles. The number of carbonyl (C=O) groups is 1. The van der Waals surface area contributed by atoms with Gasteiger partial charge in [-0.1, -0.05) is 18.2 Å². The second-order valence-electron chi connectivity index (χ2n) is 5.88. The van der Waals surface area contributed by atoms with E-state index in [0.29, 0.717) is 18.1 Å². The summed E-state index contributed by atoms with van der Waals surface area (Å²) in [6.07, 6.45) is 1.73. The molecule has 2 aromatic heterocycles. The van der Waals surface area contributed by atoms with Crippen molar-refractivity contribution >= 4 is 16.9 Å². The standard InChI is InChI=1S/C20H22N2O3/c1-5-25-20(23)19-14(3)22(17-9-7-6-8-16(17)19)13(2)15-10-11-21-18(12-15)24-4/h6-13H,5H2,1-4H3. The molecule has 5 heteroatoms. The summed E-state index contributed by atoms with van der Waals surface area (Å²) in [7, 11) is 1.60. The van der Waals surface area contributed by atoms with E-state index < -0.39 is 0 Å². The predicted octanol–water partition coefficient (Wildman–Crippen LogP) is 4.14. The summed E-state index contributed by atoms with van der Waals surface area (Å²) in [6, 6.07) is 11.8. The normalized spacial score (nSPS) is 12.2. The number of nitrogens with zero attached hydrogens (tertiary/aromatic N) is 2. The number of ether oxygens (including phenoxy) is 2. The van der Waals surface area contributed by atoms with Gasteiger partial charge in [0.1, 0.15) is 0 Å². The van der Waals surface area contributed by atoms with Gasteiger partial charge in [0.05, 0.1) is 25.3 Å². The van der Waals surface area contributed by atoms with Crippen molar-refractivity contribution in [1.29, 1.82) is 0 Å². The molecule has 1 atom stereocenters. The van der Waals surface area contributed by atoms with E-state index in [2.05, 4.69) is 16.5 Å². The number of hydrogen-bond donors (Lipinski definition) is 0. The number of fused-ring (bicyclic) bond motifs is 1. The maximum absolute atomic E-state index is 12.5. The van der Waals surface area contributed by atoms with Crippen LogP contribution in [-0.4, -0.2) is 29.2 Å². The van der Waals surface area contributed by atoms with Gasteiger partial charge < -0.3 is 14.0 Å². The molecule has 0 bridgehead atoms. The Bertz CT molecular complexity index is 914. The fourth-order valence-corrected chi connectivity index (χ4v) is 3.30. The van der Waals surface area contributed by atoms with E-state index in [1.807, 2.05) is 50.2 Å². The molecule has 5 nitrogen and oxygen atoms in total. The van der Waals surface area contributed by atoms with Crippen LogP contribution in [0.15, 0.2) is 42.6 Å². The Kier molecular flexibility index (Phi) is 4.74. The Morgan fingerprint density at radius 1 is 1.28 bits per heavy atom. The Balaban J connectivity index is 2.18. The Hall–Kier alpha value is -2.82. The van der Waals surface area contributed by atoms with E-state index in [1.54, 1.807) is 13.3 Å². The first-order valence-electron chi connectivity index (χ1n) is 8.35. The summed E-state index contributed by atoms with van der Waals surface area (Å²) in [5.74, 6) is 0.290. The Morgan fingerprint density at radius 2 is 2.04 bits per heavy atom. The van der Waals surface area contributed by atoms with Gasteiger partial charge in [0.25, 0.3) is 0 Å². The molecule has 3 rings (SSSR count). The number of hydrogen-bond acceptors (Lipinski definition) is 4. The lowest BCUT2D eigenvalue weighted by atomic mass is 10.1. The highest BCUT2D eigenvalue weighted by Gasteiger charge is 2.23. The lowest BCUT2D eigenvalue weighted by Crippen LogP contribution is -2.11. The summed E-state index contributed by atoms with van der Waals surface area (Å²) in [4.78, 5) is 16.7. The van der Waals surface area contributed by atoms with Crippen molar-refractivity contribution in [1.82, 2.24) is 9.55 Å². The van der Waals surface area contributed by atoms with Crippen LogP contribution >= 0.6 is 0 Å². The molecule has 1 unspecified atom stereocenters. The van der Waals surface area contributed by atoms with Gasteiger partial charge in [0.2, 0.25) is 5.88 Å². The quantitative estimate of drug-likeness (QED) is 0.656. The van der Waals surface area contributed by atoms with Gasteiger partial charge in [-0.05, 0) is 38.5 Å². The van der Waals surface area contributed by atoms with Crippen molar-refractivity contribution in [2.75, 3.05) is 13.7 Å². The largest absolute Gasteiger partial charge is 0.481 e. The van der Waals surface area contributed by atoms with Crippen LogP contribution in [0.25, 0.3) is 10.9 Å². The van der Waals surface area contributed by atoms with Crippen LogP contribution in [0.3, 0.4) is 0 Å². The second kappa shape index (κ2) is 6.97. The van der Waals surface area contributed by atoms with Crippen LogP contribution in [0.5, 0.6) is 5.88 Å². The SMILES string of the molecule is CCOC(=O)c1c(C)n(C(C)c2ccnc(OC)c2)c2ccccc12.